The van der Waals surface area contributed by atoms with Gasteiger partial charge in [0.15, 0.2) is 0 Å². The van der Waals surface area contributed by atoms with E-state index in [-0.39, 0.29) is 11.9 Å². The van der Waals surface area contributed by atoms with Crippen molar-refractivity contribution in [3.05, 3.63) is 48.0 Å². The number of rotatable bonds is 3. The van der Waals surface area contributed by atoms with Crippen molar-refractivity contribution in [2.75, 3.05) is 0 Å². The molecule has 4 heteroatoms. The van der Waals surface area contributed by atoms with Gasteiger partial charge in [-0.2, -0.15) is 0 Å². The Labute approximate surface area is 92.6 Å². The first kappa shape index (κ1) is 10.9. The number of hydrogen-bond acceptors (Lipinski definition) is 3. The van der Waals surface area contributed by atoms with Gasteiger partial charge in [0.25, 0.3) is 0 Å². The Morgan fingerprint density at radius 3 is 2.50 bits per heavy atom. The van der Waals surface area contributed by atoms with Gasteiger partial charge in [0.1, 0.15) is 23.4 Å². The van der Waals surface area contributed by atoms with Crippen LogP contribution in [0.1, 0.15) is 18.8 Å². The Bertz CT molecular complexity index is 464. The molecular weight excluding hydrogens is 209 g/mol. The van der Waals surface area contributed by atoms with E-state index in [1.807, 2.05) is 0 Å². The minimum atomic E-state index is -0.297. The number of nitrogens with two attached hydrogens (primary N) is 1. The van der Waals surface area contributed by atoms with Crippen molar-refractivity contribution in [2.24, 2.45) is 5.90 Å². The number of halogens is 1. The third-order valence-corrected chi connectivity index (χ3v) is 2.36. The Kier molecular flexibility index (Phi) is 3.03. The van der Waals surface area contributed by atoms with Crippen molar-refractivity contribution in [2.45, 2.75) is 13.0 Å². The van der Waals surface area contributed by atoms with E-state index in [9.17, 15) is 4.39 Å². The molecule has 3 nitrogen and oxygen atoms in total. The van der Waals surface area contributed by atoms with E-state index in [1.165, 1.54) is 12.1 Å². The molecule has 1 heterocycles. The van der Waals surface area contributed by atoms with Gasteiger partial charge in [0, 0.05) is 5.56 Å². The average molecular weight is 221 g/mol. The molecule has 2 aromatic rings. The molecule has 2 N–H and O–H groups in total. The zero-order valence-electron chi connectivity index (χ0n) is 8.81. The maximum Gasteiger partial charge on any atom is 0.135 e. The molecule has 0 saturated carbocycles. The van der Waals surface area contributed by atoms with Crippen LogP contribution >= 0.6 is 0 Å². The predicted molar refractivity (Wildman–Crippen MR) is 57.8 cm³/mol. The largest absolute Gasteiger partial charge is 0.458 e. The second kappa shape index (κ2) is 4.47. The lowest BCUT2D eigenvalue weighted by molar-refractivity contribution is 0.0513. The number of furan rings is 1. The summed E-state index contributed by atoms with van der Waals surface area (Å²) in [5.74, 6) is 6.10. The molecule has 0 aliphatic heterocycles. The average Bonchev–Trinajstić information content (AvgIpc) is 2.78. The van der Waals surface area contributed by atoms with Gasteiger partial charge in [-0.1, -0.05) is 0 Å². The molecule has 0 aliphatic rings. The topological polar surface area (TPSA) is 48.4 Å². The molecule has 16 heavy (non-hydrogen) atoms. The van der Waals surface area contributed by atoms with Crippen LogP contribution in [0, 0.1) is 5.82 Å². The molecule has 1 unspecified atom stereocenters. The molecule has 84 valence electrons. The van der Waals surface area contributed by atoms with Crippen molar-refractivity contribution >= 4 is 0 Å². The van der Waals surface area contributed by atoms with Gasteiger partial charge in [-0.05, 0) is 43.3 Å². The molecule has 1 aromatic heterocycles. The highest BCUT2D eigenvalue weighted by Gasteiger charge is 2.10. The third-order valence-electron chi connectivity index (χ3n) is 2.36. The molecule has 0 radical (unpaired) electrons. The van der Waals surface area contributed by atoms with Crippen LogP contribution in [0.25, 0.3) is 11.3 Å². The molecule has 0 saturated heterocycles. The van der Waals surface area contributed by atoms with Crippen LogP contribution in [0.5, 0.6) is 0 Å². The quantitative estimate of drug-likeness (QED) is 0.810. The number of hydrogen-bond donors (Lipinski definition) is 1. The summed E-state index contributed by atoms with van der Waals surface area (Å²) >= 11 is 0. The molecular formula is C12H12FNO2. The predicted octanol–water partition coefficient (Wildman–Crippen LogP) is 3.04. The van der Waals surface area contributed by atoms with Crippen LogP contribution in [0.2, 0.25) is 0 Å². The van der Waals surface area contributed by atoms with Crippen molar-refractivity contribution in [3.8, 4) is 11.3 Å². The van der Waals surface area contributed by atoms with Gasteiger partial charge in [-0.15, -0.1) is 0 Å². The fourth-order valence-electron chi connectivity index (χ4n) is 1.41. The summed E-state index contributed by atoms with van der Waals surface area (Å²) in [6.07, 6.45) is -0.297. The van der Waals surface area contributed by atoms with Crippen LogP contribution in [0.4, 0.5) is 4.39 Å². The van der Waals surface area contributed by atoms with Crippen LogP contribution < -0.4 is 5.90 Å². The van der Waals surface area contributed by atoms with Crippen LogP contribution in [0.3, 0.4) is 0 Å². The highest BCUT2D eigenvalue weighted by atomic mass is 19.1. The maximum atomic E-state index is 12.7. The van der Waals surface area contributed by atoms with E-state index in [0.29, 0.717) is 11.5 Å². The lowest BCUT2D eigenvalue weighted by Gasteiger charge is -2.03. The highest BCUT2D eigenvalue weighted by Crippen LogP contribution is 2.26. The smallest absolute Gasteiger partial charge is 0.135 e. The van der Waals surface area contributed by atoms with Gasteiger partial charge in [-0.25, -0.2) is 10.3 Å². The summed E-state index contributed by atoms with van der Waals surface area (Å²) in [5, 5.41) is 0. The molecule has 0 spiro atoms. The second-order valence-electron chi connectivity index (χ2n) is 3.49. The Morgan fingerprint density at radius 2 is 1.88 bits per heavy atom. The van der Waals surface area contributed by atoms with Crippen molar-refractivity contribution < 1.29 is 13.6 Å². The standard InChI is InChI=1S/C12H12FNO2/c1-8(16-14)11-6-7-12(15-11)9-2-4-10(13)5-3-9/h2-8H,14H2,1H3. The van der Waals surface area contributed by atoms with Crippen LogP contribution in [0.15, 0.2) is 40.8 Å². The zero-order valence-corrected chi connectivity index (χ0v) is 8.81. The summed E-state index contributed by atoms with van der Waals surface area (Å²) in [6, 6.07) is 9.69. The van der Waals surface area contributed by atoms with E-state index in [4.69, 9.17) is 10.3 Å². The summed E-state index contributed by atoms with van der Waals surface area (Å²) < 4.78 is 18.3. The molecule has 0 amide bonds. The lowest BCUT2D eigenvalue weighted by atomic mass is 10.2. The van der Waals surface area contributed by atoms with E-state index in [2.05, 4.69) is 4.84 Å². The van der Waals surface area contributed by atoms with Crippen molar-refractivity contribution in [3.63, 3.8) is 0 Å². The maximum absolute atomic E-state index is 12.7. The van der Waals surface area contributed by atoms with Gasteiger partial charge < -0.3 is 4.42 Å². The van der Waals surface area contributed by atoms with E-state index in [0.717, 1.165) is 5.56 Å². The van der Waals surface area contributed by atoms with E-state index < -0.39 is 0 Å². The fourth-order valence-corrected chi connectivity index (χ4v) is 1.41. The monoisotopic (exact) mass is 221 g/mol. The highest BCUT2D eigenvalue weighted by molar-refractivity contribution is 5.57. The number of benzene rings is 1. The molecule has 1 atom stereocenters. The first-order valence-electron chi connectivity index (χ1n) is 4.92. The van der Waals surface area contributed by atoms with Gasteiger partial charge in [0.2, 0.25) is 0 Å². The summed E-state index contributed by atoms with van der Waals surface area (Å²) in [4.78, 5) is 4.65. The summed E-state index contributed by atoms with van der Waals surface area (Å²) in [6.45, 7) is 1.78. The molecule has 2 rings (SSSR count). The zero-order chi connectivity index (χ0) is 11.5. The molecule has 1 aromatic carbocycles. The molecule has 0 aliphatic carbocycles. The van der Waals surface area contributed by atoms with Gasteiger partial charge in [0.05, 0.1) is 0 Å². The van der Waals surface area contributed by atoms with Crippen LogP contribution in [-0.4, -0.2) is 0 Å². The first-order valence-corrected chi connectivity index (χ1v) is 4.92. The SMILES string of the molecule is CC(ON)c1ccc(-c2ccc(F)cc2)o1. The normalized spacial score (nSPS) is 12.7. The van der Waals surface area contributed by atoms with Crippen molar-refractivity contribution in [1.82, 2.24) is 0 Å². The molecule has 0 bridgehead atoms. The van der Waals surface area contributed by atoms with Crippen LogP contribution in [-0.2, 0) is 4.84 Å². The molecule has 0 fully saturated rings. The minimum absolute atomic E-state index is 0.269. The fraction of sp³-hybridized carbons (Fsp3) is 0.167. The Balaban J connectivity index is 2.28. The van der Waals surface area contributed by atoms with E-state index in [1.54, 1.807) is 31.2 Å². The van der Waals surface area contributed by atoms with E-state index >= 15 is 0 Å². The summed E-state index contributed by atoms with van der Waals surface area (Å²) in [7, 11) is 0. The first-order chi connectivity index (χ1) is 7.70. The van der Waals surface area contributed by atoms with Gasteiger partial charge in [-0.3, -0.25) is 4.84 Å². The lowest BCUT2D eigenvalue weighted by Crippen LogP contribution is -2.03. The Hall–Kier alpha value is -1.65. The second-order valence-corrected chi connectivity index (χ2v) is 3.49. The third kappa shape index (κ3) is 2.13. The van der Waals surface area contributed by atoms with Gasteiger partial charge >= 0.3 is 0 Å². The summed E-state index contributed by atoms with van der Waals surface area (Å²) in [5.41, 5.74) is 0.817. The van der Waals surface area contributed by atoms with Crippen molar-refractivity contribution in [1.29, 1.82) is 0 Å². The Morgan fingerprint density at radius 1 is 1.19 bits per heavy atom. The minimum Gasteiger partial charge on any atom is -0.458 e.